The number of carboxylic acids is 1. The highest BCUT2D eigenvalue weighted by Crippen LogP contribution is 2.44. The van der Waals surface area contributed by atoms with Gasteiger partial charge >= 0.3 is 5.97 Å². The summed E-state index contributed by atoms with van der Waals surface area (Å²) in [6.07, 6.45) is 4.04. The Bertz CT molecular complexity index is 547. The monoisotopic (exact) mass is 247 g/mol. The van der Waals surface area contributed by atoms with E-state index in [1.807, 2.05) is 0 Å². The van der Waals surface area contributed by atoms with Crippen LogP contribution in [0.25, 0.3) is 5.57 Å². The molecule has 3 N–H and O–H groups in total. The van der Waals surface area contributed by atoms with Gasteiger partial charge in [0, 0.05) is 0 Å². The second-order valence-corrected chi connectivity index (χ2v) is 5.24. The molecule has 0 fully saturated rings. The molecule has 1 aromatic heterocycles. The Kier molecular flexibility index (Phi) is 2.84. The van der Waals surface area contributed by atoms with Crippen LogP contribution in [0, 0.1) is 12.3 Å². The van der Waals surface area contributed by atoms with E-state index >= 15 is 0 Å². The molecule has 0 spiro atoms. The number of anilines is 1. The number of hydrogen-bond acceptors (Lipinski definition) is 4. The Balaban J connectivity index is 2.59. The van der Waals surface area contributed by atoms with E-state index in [1.54, 1.807) is 6.92 Å². The molecule has 0 bridgehead atoms. The van der Waals surface area contributed by atoms with Gasteiger partial charge in [-0.2, -0.15) is 0 Å². The zero-order valence-corrected chi connectivity index (χ0v) is 10.8. The van der Waals surface area contributed by atoms with Crippen molar-refractivity contribution >= 4 is 17.4 Å². The summed E-state index contributed by atoms with van der Waals surface area (Å²) in [4.78, 5) is 19.4. The summed E-state index contributed by atoms with van der Waals surface area (Å²) >= 11 is 0. The van der Waals surface area contributed by atoms with Gasteiger partial charge in [0.1, 0.15) is 11.5 Å². The van der Waals surface area contributed by atoms with Crippen LogP contribution in [0.1, 0.15) is 48.6 Å². The first kappa shape index (κ1) is 12.5. The number of rotatable bonds is 2. The van der Waals surface area contributed by atoms with Gasteiger partial charge in [0.25, 0.3) is 0 Å². The molecule has 0 unspecified atom stereocenters. The van der Waals surface area contributed by atoms with Crippen LogP contribution in [-0.4, -0.2) is 21.0 Å². The molecule has 2 rings (SSSR count). The first-order valence-electron chi connectivity index (χ1n) is 5.91. The maximum absolute atomic E-state index is 11.1. The second kappa shape index (κ2) is 4.08. The van der Waals surface area contributed by atoms with Crippen LogP contribution in [0.3, 0.4) is 0 Å². The molecule has 18 heavy (non-hydrogen) atoms. The highest BCUT2D eigenvalue weighted by atomic mass is 16.4. The molecular formula is C13H17N3O2. The average molecular weight is 247 g/mol. The van der Waals surface area contributed by atoms with Crippen molar-refractivity contribution in [2.75, 3.05) is 5.73 Å². The minimum absolute atomic E-state index is 0.0252. The van der Waals surface area contributed by atoms with Crippen molar-refractivity contribution in [1.82, 2.24) is 9.97 Å². The molecule has 5 heteroatoms. The Labute approximate surface area is 106 Å². The smallest absolute Gasteiger partial charge is 0.356 e. The van der Waals surface area contributed by atoms with E-state index in [0.29, 0.717) is 17.2 Å². The number of aryl methyl sites for hydroxylation is 1. The summed E-state index contributed by atoms with van der Waals surface area (Å²) in [7, 11) is 0. The minimum Gasteiger partial charge on any atom is -0.476 e. The predicted octanol–water partition coefficient (Wildman–Crippen LogP) is 2.27. The van der Waals surface area contributed by atoms with Gasteiger partial charge in [-0.1, -0.05) is 19.9 Å². The number of nitrogen functional groups attached to an aromatic ring is 1. The van der Waals surface area contributed by atoms with E-state index in [-0.39, 0.29) is 11.1 Å². The third-order valence-electron chi connectivity index (χ3n) is 3.40. The van der Waals surface area contributed by atoms with Crippen molar-refractivity contribution in [2.45, 2.75) is 33.6 Å². The molecular weight excluding hydrogens is 230 g/mol. The third-order valence-corrected chi connectivity index (χ3v) is 3.40. The maximum Gasteiger partial charge on any atom is 0.356 e. The van der Waals surface area contributed by atoms with Gasteiger partial charge in [-0.15, -0.1) is 0 Å². The van der Waals surface area contributed by atoms with Gasteiger partial charge in [0.15, 0.2) is 5.69 Å². The summed E-state index contributed by atoms with van der Waals surface area (Å²) in [6.45, 7) is 5.81. The number of aromatic carboxylic acids is 1. The number of aromatic nitrogens is 2. The highest BCUT2D eigenvalue weighted by molar-refractivity contribution is 5.88. The lowest BCUT2D eigenvalue weighted by molar-refractivity contribution is 0.0689. The van der Waals surface area contributed by atoms with Crippen LogP contribution in [0.4, 0.5) is 5.82 Å². The molecule has 1 aliphatic rings. The third kappa shape index (κ3) is 1.96. The Hall–Kier alpha value is -1.91. The molecule has 0 saturated heterocycles. The van der Waals surface area contributed by atoms with Crippen molar-refractivity contribution in [3.05, 3.63) is 23.2 Å². The Morgan fingerprint density at radius 2 is 2.11 bits per heavy atom. The van der Waals surface area contributed by atoms with Crippen molar-refractivity contribution in [3.8, 4) is 0 Å². The first-order valence-corrected chi connectivity index (χ1v) is 5.91. The lowest BCUT2D eigenvalue weighted by atomic mass is 9.84. The van der Waals surface area contributed by atoms with E-state index in [0.717, 1.165) is 18.4 Å². The topological polar surface area (TPSA) is 89.1 Å². The number of carboxylic acid groups (broad SMARTS) is 1. The second-order valence-electron chi connectivity index (χ2n) is 5.24. The molecule has 0 saturated carbocycles. The summed E-state index contributed by atoms with van der Waals surface area (Å²) in [6, 6.07) is 0. The number of carbonyl (C=O) groups is 1. The summed E-state index contributed by atoms with van der Waals surface area (Å²) in [5, 5.41) is 9.09. The number of nitrogens with two attached hydrogens (primary N) is 1. The van der Waals surface area contributed by atoms with Gasteiger partial charge in [-0.05, 0) is 30.8 Å². The molecule has 0 radical (unpaired) electrons. The highest BCUT2D eigenvalue weighted by Gasteiger charge is 2.31. The van der Waals surface area contributed by atoms with Crippen LogP contribution in [0.5, 0.6) is 0 Å². The van der Waals surface area contributed by atoms with Crippen molar-refractivity contribution < 1.29 is 9.90 Å². The minimum atomic E-state index is -1.07. The van der Waals surface area contributed by atoms with Gasteiger partial charge in [0.2, 0.25) is 0 Å². The fraction of sp³-hybridized carbons (Fsp3) is 0.462. The van der Waals surface area contributed by atoms with Crippen LogP contribution in [-0.2, 0) is 0 Å². The number of hydrogen-bond donors (Lipinski definition) is 2. The van der Waals surface area contributed by atoms with Gasteiger partial charge in [-0.3, -0.25) is 0 Å². The molecule has 1 aromatic rings. The molecule has 1 heterocycles. The van der Waals surface area contributed by atoms with E-state index < -0.39 is 5.97 Å². The lowest BCUT2D eigenvalue weighted by Crippen LogP contribution is -2.16. The zero-order chi connectivity index (χ0) is 13.5. The maximum atomic E-state index is 11.1. The van der Waals surface area contributed by atoms with Gasteiger partial charge < -0.3 is 10.8 Å². The first-order chi connectivity index (χ1) is 8.33. The van der Waals surface area contributed by atoms with Crippen LogP contribution in [0.2, 0.25) is 0 Å². The van der Waals surface area contributed by atoms with Crippen molar-refractivity contribution in [2.24, 2.45) is 5.41 Å². The molecule has 0 aliphatic heterocycles. The summed E-state index contributed by atoms with van der Waals surface area (Å²) in [5.41, 5.74) is 7.68. The Morgan fingerprint density at radius 1 is 1.44 bits per heavy atom. The normalized spacial score (nSPS) is 17.6. The summed E-state index contributed by atoms with van der Waals surface area (Å²) < 4.78 is 0. The molecule has 0 atom stereocenters. The van der Waals surface area contributed by atoms with E-state index in [1.165, 1.54) is 0 Å². The zero-order valence-electron chi connectivity index (χ0n) is 10.8. The number of nitrogens with zero attached hydrogens (tertiary/aromatic N) is 2. The van der Waals surface area contributed by atoms with E-state index in [9.17, 15) is 4.79 Å². The fourth-order valence-electron chi connectivity index (χ4n) is 2.34. The predicted molar refractivity (Wildman–Crippen MR) is 69.1 cm³/mol. The van der Waals surface area contributed by atoms with Gasteiger partial charge in [-0.25, -0.2) is 14.8 Å². The van der Waals surface area contributed by atoms with E-state index in [2.05, 4.69) is 29.9 Å². The summed E-state index contributed by atoms with van der Waals surface area (Å²) in [5.74, 6) is -0.767. The van der Waals surface area contributed by atoms with Crippen molar-refractivity contribution in [3.63, 3.8) is 0 Å². The largest absolute Gasteiger partial charge is 0.476 e. The number of allylic oxidation sites excluding steroid dienone is 2. The lowest BCUT2D eigenvalue weighted by Gasteiger charge is -2.23. The molecule has 5 nitrogen and oxygen atoms in total. The standard InChI is InChI=1S/C13H17N3O2/c1-7-9(12(17)18)16-10(11(14)15-7)8-5-4-6-13(8,2)3/h5H,4,6H2,1-3H3,(H2,14,15)(H,17,18). The Morgan fingerprint density at radius 3 is 2.61 bits per heavy atom. The SMILES string of the molecule is Cc1nc(N)c(C2=CCCC2(C)C)nc1C(=O)O. The van der Waals surface area contributed by atoms with Gasteiger partial charge in [0.05, 0.1) is 5.69 Å². The molecule has 0 amide bonds. The molecule has 0 aromatic carbocycles. The average Bonchev–Trinajstić information content (AvgIpc) is 2.58. The fourth-order valence-corrected chi connectivity index (χ4v) is 2.34. The van der Waals surface area contributed by atoms with Crippen LogP contribution >= 0.6 is 0 Å². The van der Waals surface area contributed by atoms with E-state index in [4.69, 9.17) is 10.8 Å². The molecule has 96 valence electrons. The van der Waals surface area contributed by atoms with Crippen LogP contribution in [0.15, 0.2) is 6.08 Å². The van der Waals surface area contributed by atoms with Crippen molar-refractivity contribution in [1.29, 1.82) is 0 Å². The van der Waals surface area contributed by atoms with Crippen LogP contribution < -0.4 is 5.73 Å². The molecule has 1 aliphatic carbocycles. The quantitative estimate of drug-likeness (QED) is 0.836.